The predicted molar refractivity (Wildman–Crippen MR) is 432 cm³/mol. The molecule has 0 bridgehead atoms. The van der Waals surface area contributed by atoms with E-state index in [4.69, 9.17) is 33.2 Å². The number of ketones is 2. The maximum absolute atomic E-state index is 11.6. The molecule has 0 radical (unpaired) electrons. The van der Waals surface area contributed by atoms with Gasteiger partial charge in [0.15, 0.2) is 0 Å². The Balaban J connectivity index is 0.000000630. The molecular formula is C91H162O14. The summed E-state index contributed by atoms with van der Waals surface area (Å²) in [7, 11) is 0. The molecule has 6 aliphatic rings. The van der Waals surface area contributed by atoms with Crippen LogP contribution in [-0.4, -0.2) is 101 Å². The molecule has 0 aromatic rings. The summed E-state index contributed by atoms with van der Waals surface area (Å²) in [5, 5.41) is 0. The molecule has 0 aromatic heterocycles. The van der Waals surface area contributed by atoms with Gasteiger partial charge in [0.25, 0.3) is 0 Å². The van der Waals surface area contributed by atoms with E-state index in [1.807, 2.05) is 0 Å². The third-order valence-electron chi connectivity index (χ3n) is 20.2. The van der Waals surface area contributed by atoms with E-state index >= 15 is 0 Å². The molecule has 4 heterocycles. The molecule has 0 amide bonds. The first-order valence-electron chi connectivity index (χ1n) is 44.7. The maximum atomic E-state index is 11.6. The van der Waals surface area contributed by atoms with Crippen molar-refractivity contribution in [2.75, 3.05) is 59.5 Å². The molecule has 14 heteroatoms. The predicted octanol–water partition coefficient (Wildman–Crippen LogP) is 25.5. The molecule has 0 saturated carbocycles. The third-order valence-corrected chi connectivity index (χ3v) is 20.2. The quantitative estimate of drug-likeness (QED) is 0.127. The van der Waals surface area contributed by atoms with E-state index in [0.717, 1.165) is 187 Å². The first-order valence-corrected chi connectivity index (χ1v) is 44.7. The lowest BCUT2D eigenvalue weighted by Gasteiger charge is -2.07. The Kier molecular flexibility index (Phi) is 78.9. The van der Waals surface area contributed by atoms with Crippen LogP contribution in [-0.2, 0) is 66.7 Å². The fourth-order valence-corrected chi connectivity index (χ4v) is 13.4. The number of cyclic esters (lactones) is 5. The van der Waals surface area contributed by atoms with Gasteiger partial charge in [-0.05, 0) is 173 Å². The molecule has 14 nitrogen and oxygen atoms in total. The second-order valence-corrected chi connectivity index (χ2v) is 30.4. The number of ether oxygens (including phenoxy) is 7. The topological polar surface area (TPSA) is 184 Å². The minimum absolute atomic E-state index is 0.0129. The Morgan fingerprint density at radius 1 is 0.143 bits per heavy atom. The monoisotopic (exact) mass is 1480 g/mol. The Labute approximate surface area is 643 Å². The lowest BCUT2D eigenvalue weighted by Crippen LogP contribution is -2.13. The molecule has 6 rings (SSSR count). The minimum Gasteiger partial charge on any atom is -0.466 e. The van der Waals surface area contributed by atoms with Crippen LogP contribution in [0.25, 0.3) is 0 Å². The minimum atomic E-state index is -0.182. The molecule has 105 heavy (non-hydrogen) atoms. The summed E-state index contributed by atoms with van der Waals surface area (Å²) in [4.78, 5) is 79.8. The lowest BCUT2D eigenvalue weighted by atomic mass is 10.0. The molecule has 3 saturated heterocycles. The van der Waals surface area contributed by atoms with Crippen molar-refractivity contribution in [1.29, 1.82) is 0 Å². The summed E-state index contributed by atoms with van der Waals surface area (Å²) in [6.07, 6.45) is 91.7. The van der Waals surface area contributed by atoms with E-state index in [1.165, 1.54) is 250 Å². The van der Waals surface area contributed by atoms with E-state index in [2.05, 4.69) is 36.5 Å². The summed E-state index contributed by atoms with van der Waals surface area (Å²) in [5.41, 5.74) is 0. The van der Waals surface area contributed by atoms with Crippen molar-refractivity contribution in [3.63, 3.8) is 0 Å². The van der Waals surface area contributed by atoms with Gasteiger partial charge in [-0.2, -0.15) is 0 Å². The number of Topliss-reactive ketones (excluding diaryl/α,β-unsaturated/α-hetero) is 2. The van der Waals surface area contributed by atoms with Gasteiger partial charge >= 0.3 is 29.8 Å². The van der Waals surface area contributed by atoms with E-state index < -0.39 is 0 Å². The van der Waals surface area contributed by atoms with Crippen LogP contribution in [0.4, 0.5) is 0 Å². The Morgan fingerprint density at radius 2 is 0.305 bits per heavy atom. The second kappa shape index (κ2) is 83.9. The standard InChI is InChI=1S/2C16H28O.2C15H28O3.C15H26O2.C14H24O4/c2*17-16-14-12-10-8-6-4-2-1-3-5-7-9-11-13-15-16;16-15-11-7-4-2-1-3-5-8-12-17-13-9-6-10-14-18-15;16-15-11-7-5-3-1-2-4-6-8-12-17-13-9-10-14-18-15;16-15-13-11-9-7-5-3-1-2-4-6-8-10-12-14-17-15;15-13-9-7-5-3-1-2-4-6-8-10-14(16)18-12-11-17-13/h6,8H,1-5,7,9-15H2;1-2H,3-15H2;2*1-14H2;6,8H,1-5,7,9-14H2;1-12H2/b8-6+;2-1+;;;8-6+;. The zero-order valence-corrected chi connectivity index (χ0v) is 67.8. The number of rotatable bonds is 0. The molecule has 610 valence electrons. The van der Waals surface area contributed by atoms with Gasteiger partial charge in [0.2, 0.25) is 0 Å². The summed E-state index contributed by atoms with van der Waals surface area (Å²) in [6.45, 7) is 5.56. The molecule has 0 unspecified atom stereocenters. The van der Waals surface area contributed by atoms with E-state index in [-0.39, 0.29) is 43.1 Å². The lowest BCUT2D eigenvalue weighted by molar-refractivity contribution is -0.152. The zero-order valence-electron chi connectivity index (χ0n) is 67.8. The maximum Gasteiger partial charge on any atom is 0.305 e. The van der Waals surface area contributed by atoms with Crippen molar-refractivity contribution in [1.82, 2.24) is 0 Å². The van der Waals surface area contributed by atoms with Gasteiger partial charge < -0.3 is 33.2 Å². The Bertz CT molecular complexity index is 1940. The highest BCUT2D eigenvalue weighted by Gasteiger charge is 2.10. The van der Waals surface area contributed by atoms with Gasteiger partial charge in [0.1, 0.15) is 24.8 Å². The van der Waals surface area contributed by atoms with E-state index in [9.17, 15) is 33.6 Å². The summed E-state index contributed by atoms with van der Waals surface area (Å²) in [5.74, 6) is 0.552. The van der Waals surface area contributed by atoms with Gasteiger partial charge in [0, 0.05) is 84.2 Å². The summed E-state index contributed by atoms with van der Waals surface area (Å²) in [6, 6.07) is 0. The number of esters is 5. The van der Waals surface area contributed by atoms with Gasteiger partial charge in [-0.25, -0.2) is 0 Å². The van der Waals surface area contributed by atoms with Crippen LogP contribution in [0.15, 0.2) is 36.5 Å². The molecule has 4 aliphatic heterocycles. The van der Waals surface area contributed by atoms with Gasteiger partial charge in [-0.1, -0.05) is 248 Å². The largest absolute Gasteiger partial charge is 0.466 e. The highest BCUT2D eigenvalue weighted by atomic mass is 16.6. The van der Waals surface area contributed by atoms with Crippen molar-refractivity contribution >= 4 is 41.4 Å². The molecule has 0 atom stereocenters. The van der Waals surface area contributed by atoms with Crippen LogP contribution in [0.1, 0.15) is 443 Å². The summed E-state index contributed by atoms with van der Waals surface area (Å²) < 4.78 is 36.6. The zero-order chi connectivity index (χ0) is 75.4. The third kappa shape index (κ3) is 82.2. The molecule has 0 N–H and O–H groups in total. The Hall–Kier alpha value is -4.17. The first kappa shape index (κ1) is 98.8. The second-order valence-electron chi connectivity index (χ2n) is 30.4. The number of hydrogen-bond donors (Lipinski definition) is 0. The fraction of sp³-hybridized carbons (Fsp3) is 0.857. The van der Waals surface area contributed by atoms with E-state index in [1.54, 1.807) is 0 Å². The van der Waals surface area contributed by atoms with Gasteiger partial charge in [-0.15, -0.1) is 0 Å². The highest BCUT2D eigenvalue weighted by molar-refractivity contribution is 5.78. The average Bonchev–Trinajstić information content (AvgIpc) is 3.18. The van der Waals surface area contributed by atoms with Crippen molar-refractivity contribution in [3.05, 3.63) is 36.5 Å². The van der Waals surface area contributed by atoms with Crippen molar-refractivity contribution in [2.45, 2.75) is 443 Å². The van der Waals surface area contributed by atoms with Gasteiger partial charge in [0.05, 0.1) is 19.8 Å². The van der Waals surface area contributed by atoms with E-state index in [0.29, 0.717) is 63.5 Å². The normalized spacial score (nSPS) is 23.4. The molecular weight excluding hydrogens is 1320 g/mol. The SMILES string of the molecule is O=C1CCC/C=C/CCCCCCCCCC1.O=C1CCCCCC/C=C/CCCCCCC1.O=C1CCCCCCCCC/C=C/CCCO1.O=C1CCCCCCCCCCC(=O)OCCO1.O=C1CCCCCCCCCCOCCCCO1.O=C1CCCCCCCCCOCCCCCO1. The number of carbonyl (C=O) groups is 7. The molecule has 0 spiro atoms. The highest BCUT2D eigenvalue weighted by Crippen LogP contribution is 2.19. The van der Waals surface area contributed by atoms with Crippen LogP contribution < -0.4 is 0 Å². The van der Waals surface area contributed by atoms with Crippen molar-refractivity contribution in [2.24, 2.45) is 0 Å². The van der Waals surface area contributed by atoms with Crippen LogP contribution in [0, 0.1) is 0 Å². The van der Waals surface area contributed by atoms with Crippen LogP contribution in [0.5, 0.6) is 0 Å². The van der Waals surface area contributed by atoms with Crippen LogP contribution in [0.3, 0.4) is 0 Å². The van der Waals surface area contributed by atoms with Crippen molar-refractivity contribution < 1.29 is 66.7 Å². The van der Waals surface area contributed by atoms with Gasteiger partial charge in [-0.3, -0.25) is 33.6 Å². The summed E-state index contributed by atoms with van der Waals surface area (Å²) >= 11 is 0. The Morgan fingerprint density at radius 3 is 0.590 bits per heavy atom. The number of hydrogen-bond acceptors (Lipinski definition) is 14. The average molecular weight is 1480 g/mol. The van der Waals surface area contributed by atoms with Crippen LogP contribution in [0.2, 0.25) is 0 Å². The molecule has 3 fully saturated rings. The smallest absolute Gasteiger partial charge is 0.305 e. The molecule has 0 aromatic carbocycles. The number of allylic oxidation sites excluding steroid dienone is 6. The molecule has 2 aliphatic carbocycles. The first-order chi connectivity index (χ1) is 51.8. The number of carbonyl (C=O) groups excluding carboxylic acids is 7. The fourth-order valence-electron chi connectivity index (χ4n) is 13.4. The van der Waals surface area contributed by atoms with Crippen molar-refractivity contribution in [3.8, 4) is 0 Å². The van der Waals surface area contributed by atoms with Crippen LogP contribution >= 0.6 is 0 Å².